The zero-order valence-electron chi connectivity index (χ0n) is 10.3. The van der Waals surface area contributed by atoms with Crippen LogP contribution in [0.15, 0.2) is 0 Å². The summed E-state index contributed by atoms with van der Waals surface area (Å²) in [6.45, 7) is 4.99. The van der Waals surface area contributed by atoms with Crippen molar-refractivity contribution in [3.8, 4) is 12.1 Å². The second-order valence-corrected chi connectivity index (χ2v) is 3.82. The van der Waals surface area contributed by atoms with Gasteiger partial charge in [-0.2, -0.15) is 10.5 Å². The van der Waals surface area contributed by atoms with Gasteiger partial charge in [0.25, 0.3) is 5.09 Å². The Hall–Kier alpha value is -2.60. The molecule has 1 aromatic carbocycles. The zero-order chi connectivity index (χ0) is 13.9. The van der Waals surface area contributed by atoms with Crippen molar-refractivity contribution in [3.05, 3.63) is 43.5 Å². The van der Waals surface area contributed by atoms with Crippen LogP contribution in [0.25, 0.3) is 0 Å². The van der Waals surface area contributed by atoms with Gasteiger partial charge in [-0.15, -0.1) is 10.1 Å². The van der Waals surface area contributed by atoms with E-state index in [0.717, 1.165) is 16.7 Å². The van der Waals surface area contributed by atoms with E-state index in [-0.39, 0.29) is 17.7 Å². The van der Waals surface area contributed by atoms with Crippen molar-refractivity contribution in [1.29, 1.82) is 10.5 Å². The molecule has 0 heterocycles. The normalized spacial score (nSPS) is 9.39. The summed E-state index contributed by atoms with van der Waals surface area (Å²) in [7, 11) is 0. The van der Waals surface area contributed by atoms with Gasteiger partial charge in [0.1, 0.15) is 18.7 Å². The predicted octanol–water partition coefficient (Wildman–Crippen LogP) is 2.06. The van der Waals surface area contributed by atoms with Crippen LogP contribution in [0.5, 0.6) is 0 Å². The number of nitrogens with zero attached hydrogens (tertiary/aromatic N) is 3. The molecule has 0 saturated carbocycles. The number of hydrogen-bond acceptors (Lipinski definition) is 5. The van der Waals surface area contributed by atoms with Crippen LogP contribution in [0, 0.1) is 53.5 Å². The Labute approximate surface area is 104 Å². The van der Waals surface area contributed by atoms with Crippen molar-refractivity contribution in [2.45, 2.75) is 27.4 Å². The molecule has 0 saturated heterocycles. The first-order valence-corrected chi connectivity index (χ1v) is 5.14. The predicted molar refractivity (Wildman–Crippen MR) is 61.9 cm³/mol. The minimum Gasteiger partial charge on any atom is -0.309 e. The zero-order valence-corrected chi connectivity index (χ0v) is 10.3. The van der Waals surface area contributed by atoms with Gasteiger partial charge >= 0.3 is 0 Å². The van der Waals surface area contributed by atoms with Gasteiger partial charge in [-0.05, 0) is 43.0 Å². The molecule has 0 aromatic heterocycles. The first-order valence-electron chi connectivity index (χ1n) is 5.14. The standard InChI is InChI=1S/C12H11N3O3/c1-7-8(2)10(4-13)11(5-14)12(9(7)3)6-18-15(16)17/h6H2,1-3H3. The Bertz CT molecular complexity index is 594. The molecule has 6 heteroatoms. The van der Waals surface area contributed by atoms with E-state index in [9.17, 15) is 10.1 Å². The van der Waals surface area contributed by atoms with Gasteiger partial charge in [0.15, 0.2) is 0 Å². The van der Waals surface area contributed by atoms with E-state index >= 15 is 0 Å². The monoisotopic (exact) mass is 245 g/mol. The van der Waals surface area contributed by atoms with Gasteiger partial charge in [-0.3, -0.25) is 0 Å². The van der Waals surface area contributed by atoms with Crippen LogP contribution >= 0.6 is 0 Å². The summed E-state index contributed by atoms with van der Waals surface area (Å²) in [5, 5.41) is 27.5. The van der Waals surface area contributed by atoms with Gasteiger partial charge < -0.3 is 4.84 Å². The van der Waals surface area contributed by atoms with E-state index in [1.165, 1.54) is 0 Å². The van der Waals surface area contributed by atoms with E-state index in [1.807, 2.05) is 19.1 Å². The molecule has 6 nitrogen and oxygen atoms in total. The van der Waals surface area contributed by atoms with Gasteiger partial charge in [0, 0.05) is 0 Å². The summed E-state index contributed by atoms with van der Waals surface area (Å²) in [4.78, 5) is 14.5. The molecular weight excluding hydrogens is 234 g/mol. The third kappa shape index (κ3) is 2.23. The summed E-state index contributed by atoms with van der Waals surface area (Å²) >= 11 is 0. The maximum Gasteiger partial charge on any atom is 0.294 e. The molecule has 0 aliphatic rings. The SMILES string of the molecule is Cc1c(C)c(C#N)c(C#N)c(CO[N+](=O)[O-])c1C. The minimum atomic E-state index is -0.915. The smallest absolute Gasteiger partial charge is 0.294 e. The fourth-order valence-electron chi connectivity index (χ4n) is 1.78. The first-order chi connectivity index (χ1) is 8.43. The Morgan fingerprint density at radius 1 is 1.11 bits per heavy atom. The molecular formula is C12H11N3O3. The Kier molecular flexibility index (Phi) is 3.85. The van der Waals surface area contributed by atoms with Crippen molar-refractivity contribution in [2.24, 2.45) is 0 Å². The second-order valence-electron chi connectivity index (χ2n) is 3.82. The lowest BCUT2D eigenvalue weighted by Crippen LogP contribution is -2.08. The number of benzene rings is 1. The van der Waals surface area contributed by atoms with E-state index < -0.39 is 5.09 Å². The lowest BCUT2D eigenvalue weighted by Gasteiger charge is -2.14. The van der Waals surface area contributed by atoms with Crippen molar-refractivity contribution < 1.29 is 9.92 Å². The van der Waals surface area contributed by atoms with Gasteiger partial charge in [-0.25, -0.2) is 0 Å². The number of hydrogen-bond donors (Lipinski definition) is 0. The fraction of sp³-hybridized carbons (Fsp3) is 0.333. The molecule has 1 rings (SSSR count). The maximum atomic E-state index is 10.2. The maximum absolute atomic E-state index is 10.2. The highest BCUT2D eigenvalue weighted by Gasteiger charge is 2.18. The summed E-state index contributed by atoms with van der Waals surface area (Å²) in [6.07, 6.45) is 0. The van der Waals surface area contributed by atoms with Crippen molar-refractivity contribution >= 4 is 0 Å². The Balaban J connectivity index is 3.50. The molecule has 0 aliphatic carbocycles. The lowest BCUT2D eigenvalue weighted by atomic mass is 9.89. The van der Waals surface area contributed by atoms with Crippen LogP contribution in [-0.2, 0) is 11.4 Å². The third-order valence-electron chi connectivity index (χ3n) is 3.04. The largest absolute Gasteiger partial charge is 0.309 e. The molecule has 1 aromatic rings. The van der Waals surface area contributed by atoms with E-state index in [1.54, 1.807) is 13.8 Å². The highest BCUT2D eigenvalue weighted by atomic mass is 16.9. The number of nitriles is 2. The molecule has 0 unspecified atom stereocenters. The molecule has 0 fully saturated rings. The number of rotatable bonds is 3. The molecule has 18 heavy (non-hydrogen) atoms. The van der Waals surface area contributed by atoms with E-state index in [2.05, 4.69) is 4.84 Å². The summed E-state index contributed by atoms with van der Waals surface area (Å²) in [6, 6.07) is 3.89. The van der Waals surface area contributed by atoms with Crippen LogP contribution in [0.1, 0.15) is 33.4 Å². The van der Waals surface area contributed by atoms with Gasteiger partial charge in [0.2, 0.25) is 0 Å². The molecule has 0 bridgehead atoms. The van der Waals surface area contributed by atoms with Crippen molar-refractivity contribution in [1.82, 2.24) is 0 Å². The highest BCUT2D eigenvalue weighted by Crippen LogP contribution is 2.26. The van der Waals surface area contributed by atoms with Crippen LogP contribution in [-0.4, -0.2) is 5.09 Å². The molecule has 0 spiro atoms. The van der Waals surface area contributed by atoms with Crippen LogP contribution < -0.4 is 0 Å². The topological polar surface area (TPSA) is 100.0 Å². The van der Waals surface area contributed by atoms with E-state index in [0.29, 0.717) is 5.56 Å². The summed E-state index contributed by atoms with van der Waals surface area (Å²) in [5.74, 6) is 0. The van der Waals surface area contributed by atoms with Crippen molar-refractivity contribution in [2.75, 3.05) is 0 Å². The van der Waals surface area contributed by atoms with Gasteiger partial charge in [0.05, 0.1) is 11.1 Å². The van der Waals surface area contributed by atoms with E-state index in [4.69, 9.17) is 10.5 Å². The third-order valence-corrected chi connectivity index (χ3v) is 3.04. The molecule has 0 amide bonds. The minimum absolute atomic E-state index is 0.153. The van der Waals surface area contributed by atoms with Gasteiger partial charge in [-0.1, -0.05) is 0 Å². The molecule has 0 aliphatic heterocycles. The fourth-order valence-corrected chi connectivity index (χ4v) is 1.78. The van der Waals surface area contributed by atoms with Crippen LogP contribution in [0.2, 0.25) is 0 Å². The average molecular weight is 245 g/mol. The molecule has 0 N–H and O–H groups in total. The lowest BCUT2D eigenvalue weighted by molar-refractivity contribution is -0.763. The Morgan fingerprint density at radius 3 is 2.11 bits per heavy atom. The molecule has 0 atom stereocenters. The highest BCUT2D eigenvalue weighted by molar-refractivity contribution is 5.60. The van der Waals surface area contributed by atoms with Crippen molar-refractivity contribution in [3.63, 3.8) is 0 Å². The summed E-state index contributed by atoms with van der Waals surface area (Å²) < 4.78 is 0. The summed E-state index contributed by atoms with van der Waals surface area (Å²) in [5.41, 5.74) is 3.10. The molecule has 92 valence electrons. The Morgan fingerprint density at radius 2 is 1.67 bits per heavy atom. The average Bonchev–Trinajstić information content (AvgIpc) is 2.34. The van der Waals surface area contributed by atoms with Crippen LogP contribution in [0.4, 0.5) is 0 Å². The quantitative estimate of drug-likeness (QED) is 0.599. The molecule has 0 radical (unpaired) electrons. The first kappa shape index (κ1) is 13.5. The second kappa shape index (κ2) is 5.15. The van der Waals surface area contributed by atoms with Crippen LogP contribution in [0.3, 0.4) is 0 Å².